The van der Waals surface area contributed by atoms with Gasteiger partial charge in [-0.05, 0) is 40.4 Å². The second-order valence-corrected chi connectivity index (χ2v) is 5.27. The maximum atomic E-state index is 12.1. The van der Waals surface area contributed by atoms with E-state index in [4.69, 9.17) is 0 Å². The summed E-state index contributed by atoms with van der Waals surface area (Å²) in [6.07, 6.45) is 1.90. The first kappa shape index (κ1) is 13.1. The highest BCUT2D eigenvalue weighted by atomic mass is 79.9. The van der Waals surface area contributed by atoms with E-state index in [1.807, 2.05) is 12.1 Å². The van der Waals surface area contributed by atoms with Crippen LogP contribution in [0.3, 0.4) is 0 Å². The van der Waals surface area contributed by atoms with Gasteiger partial charge >= 0.3 is 0 Å². The average Bonchev–Trinajstić information content (AvgIpc) is 2.61. The fraction of sp³-hybridized carbons (Fsp3) is 0.357. The molecule has 2 aromatic rings. The molecule has 1 N–H and O–H groups in total. The van der Waals surface area contributed by atoms with Crippen LogP contribution in [0.5, 0.6) is 0 Å². The summed E-state index contributed by atoms with van der Waals surface area (Å²) < 4.78 is 2.33. The van der Waals surface area contributed by atoms with Crippen LogP contribution in [-0.2, 0) is 13.0 Å². The molecule has 0 bridgehead atoms. The Morgan fingerprint density at radius 1 is 1.33 bits per heavy atom. The maximum absolute atomic E-state index is 12.1. The van der Waals surface area contributed by atoms with Crippen LogP contribution in [0.4, 0.5) is 0 Å². The molecule has 0 spiro atoms. The van der Waals surface area contributed by atoms with Crippen LogP contribution in [0.2, 0.25) is 0 Å². The van der Waals surface area contributed by atoms with Crippen molar-refractivity contribution in [2.75, 3.05) is 0 Å². The molecule has 0 fully saturated rings. The van der Waals surface area contributed by atoms with Crippen molar-refractivity contribution < 1.29 is 0 Å². The standard InChI is InChI=1S/C14H17BrN2O/c1-3-6-12-13(15)14(18)17(16-12)9-11-8-5-4-7-10(11)2/h4-5,7-8,16H,3,6,9H2,1-2H3. The minimum Gasteiger partial charge on any atom is -0.298 e. The Balaban J connectivity index is 2.33. The predicted octanol–water partition coefficient (Wildman–Crippen LogP) is 3.25. The summed E-state index contributed by atoms with van der Waals surface area (Å²) in [5, 5.41) is 3.18. The minimum absolute atomic E-state index is 0.0155. The van der Waals surface area contributed by atoms with Crippen LogP contribution >= 0.6 is 15.9 Å². The number of rotatable bonds is 4. The normalized spacial score (nSPS) is 10.8. The fourth-order valence-corrected chi connectivity index (χ4v) is 2.50. The zero-order chi connectivity index (χ0) is 13.1. The van der Waals surface area contributed by atoms with E-state index in [0.29, 0.717) is 11.0 Å². The zero-order valence-corrected chi connectivity index (χ0v) is 12.3. The second kappa shape index (κ2) is 5.57. The lowest BCUT2D eigenvalue weighted by molar-refractivity contribution is 0.646. The zero-order valence-electron chi connectivity index (χ0n) is 10.7. The Labute approximate surface area is 115 Å². The monoisotopic (exact) mass is 308 g/mol. The number of hydrogen-bond acceptors (Lipinski definition) is 1. The van der Waals surface area contributed by atoms with Crippen LogP contribution in [0, 0.1) is 6.92 Å². The minimum atomic E-state index is 0.0155. The Bertz CT molecular complexity index is 598. The van der Waals surface area contributed by atoms with Crippen molar-refractivity contribution in [2.24, 2.45) is 0 Å². The van der Waals surface area contributed by atoms with Crippen LogP contribution in [-0.4, -0.2) is 9.78 Å². The number of aromatic nitrogens is 2. The summed E-state index contributed by atoms with van der Waals surface area (Å²) in [6, 6.07) is 8.12. The lowest BCUT2D eigenvalue weighted by Crippen LogP contribution is -2.18. The number of hydrogen-bond donors (Lipinski definition) is 1. The van der Waals surface area contributed by atoms with Gasteiger partial charge in [0.05, 0.1) is 12.2 Å². The van der Waals surface area contributed by atoms with E-state index in [9.17, 15) is 4.79 Å². The number of nitrogens with one attached hydrogen (secondary N) is 1. The van der Waals surface area contributed by atoms with Gasteiger partial charge in [-0.3, -0.25) is 9.89 Å². The molecule has 0 radical (unpaired) electrons. The Morgan fingerprint density at radius 2 is 2.06 bits per heavy atom. The molecule has 1 heterocycles. The Hall–Kier alpha value is -1.29. The number of nitrogens with zero attached hydrogens (tertiary/aromatic N) is 1. The van der Waals surface area contributed by atoms with Gasteiger partial charge in [-0.15, -0.1) is 0 Å². The van der Waals surface area contributed by atoms with Gasteiger partial charge in [0.2, 0.25) is 0 Å². The molecule has 0 aliphatic carbocycles. The largest absolute Gasteiger partial charge is 0.298 e. The first-order valence-electron chi connectivity index (χ1n) is 6.15. The summed E-state index contributed by atoms with van der Waals surface area (Å²) in [5.74, 6) is 0. The van der Waals surface area contributed by atoms with E-state index < -0.39 is 0 Å². The summed E-state index contributed by atoms with van der Waals surface area (Å²) >= 11 is 3.37. The molecule has 0 aliphatic rings. The number of aryl methyl sites for hydroxylation is 2. The third-order valence-electron chi connectivity index (χ3n) is 3.06. The topological polar surface area (TPSA) is 37.8 Å². The maximum Gasteiger partial charge on any atom is 0.281 e. The summed E-state index contributed by atoms with van der Waals surface area (Å²) in [7, 11) is 0. The van der Waals surface area contributed by atoms with E-state index in [-0.39, 0.29) is 5.56 Å². The molecule has 18 heavy (non-hydrogen) atoms. The van der Waals surface area contributed by atoms with Gasteiger partial charge in [0, 0.05) is 0 Å². The van der Waals surface area contributed by atoms with Crippen molar-refractivity contribution in [3.63, 3.8) is 0 Å². The lowest BCUT2D eigenvalue weighted by atomic mass is 10.1. The highest BCUT2D eigenvalue weighted by Gasteiger charge is 2.11. The molecule has 96 valence electrons. The third-order valence-corrected chi connectivity index (χ3v) is 3.88. The first-order valence-corrected chi connectivity index (χ1v) is 6.94. The molecular formula is C14H17BrN2O. The SMILES string of the molecule is CCCc1[nH]n(Cc2ccccc2C)c(=O)c1Br. The van der Waals surface area contributed by atoms with E-state index in [2.05, 4.69) is 47.0 Å². The van der Waals surface area contributed by atoms with E-state index in [0.717, 1.165) is 24.1 Å². The molecule has 0 atom stereocenters. The van der Waals surface area contributed by atoms with Gasteiger partial charge in [0.15, 0.2) is 0 Å². The molecule has 0 aliphatic heterocycles. The number of halogens is 1. The molecular weight excluding hydrogens is 292 g/mol. The van der Waals surface area contributed by atoms with Crippen LogP contribution < -0.4 is 5.56 Å². The fourth-order valence-electron chi connectivity index (χ4n) is 2.00. The molecule has 0 saturated heterocycles. The van der Waals surface area contributed by atoms with E-state index in [1.54, 1.807) is 4.68 Å². The van der Waals surface area contributed by atoms with Crippen molar-refractivity contribution in [1.29, 1.82) is 0 Å². The smallest absolute Gasteiger partial charge is 0.281 e. The van der Waals surface area contributed by atoms with Crippen molar-refractivity contribution in [3.05, 3.63) is 55.9 Å². The van der Waals surface area contributed by atoms with Crippen molar-refractivity contribution in [3.8, 4) is 0 Å². The van der Waals surface area contributed by atoms with E-state index >= 15 is 0 Å². The Kier molecular flexibility index (Phi) is 4.07. The first-order chi connectivity index (χ1) is 8.63. The molecule has 0 unspecified atom stereocenters. The van der Waals surface area contributed by atoms with Crippen LogP contribution in [0.1, 0.15) is 30.2 Å². The lowest BCUT2D eigenvalue weighted by Gasteiger charge is -2.05. The van der Waals surface area contributed by atoms with Crippen molar-refractivity contribution in [1.82, 2.24) is 9.78 Å². The molecule has 2 rings (SSSR count). The molecule has 1 aromatic carbocycles. The van der Waals surface area contributed by atoms with Gasteiger partial charge in [-0.25, -0.2) is 4.68 Å². The molecule has 3 nitrogen and oxygen atoms in total. The van der Waals surface area contributed by atoms with Gasteiger partial charge in [-0.2, -0.15) is 0 Å². The highest BCUT2D eigenvalue weighted by molar-refractivity contribution is 9.10. The average molecular weight is 309 g/mol. The number of benzene rings is 1. The van der Waals surface area contributed by atoms with Crippen molar-refractivity contribution in [2.45, 2.75) is 33.2 Å². The predicted molar refractivity (Wildman–Crippen MR) is 77.0 cm³/mol. The summed E-state index contributed by atoms with van der Waals surface area (Å²) in [6.45, 7) is 4.75. The number of H-pyrrole nitrogens is 1. The van der Waals surface area contributed by atoms with E-state index in [1.165, 1.54) is 5.56 Å². The second-order valence-electron chi connectivity index (χ2n) is 4.47. The molecule has 1 aromatic heterocycles. The van der Waals surface area contributed by atoms with Crippen molar-refractivity contribution >= 4 is 15.9 Å². The Morgan fingerprint density at radius 3 is 2.72 bits per heavy atom. The summed E-state index contributed by atoms with van der Waals surface area (Å²) in [4.78, 5) is 12.1. The highest BCUT2D eigenvalue weighted by Crippen LogP contribution is 2.13. The summed E-state index contributed by atoms with van der Waals surface area (Å²) in [5.41, 5.74) is 3.36. The van der Waals surface area contributed by atoms with Gasteiger partial charge < -0.3 is 0 Å². The third kappa shape index (κ3) is 2.58. The van der Waals surface area contributed by atoms with Gasteiger partial charge in [0.1, 0.15) is 4.47 Å². The molecule has 0 saturated carbocycles. The van der Waals surface area contributed by atoms with Gasteiger partial charge in [0.25, 0.3) is 5.56 Å². The van der Waals surface area contributed by atoms with Crippen LogP contribution in [0.25, 0.3) is 0 Å². The number of aromatic amines is 1. The van der Waals surface area contributed by atoms with Gasteiger partial charge in [-0.1, -0.05) is 37.6 Å². The molecule has 4 heteroatoms. The van der Waals surface area contributed by atoms with Crippen LogP contribution in [0.15, 0.2) is 33.5 Å². The molecule has 0 amide bonds. The quantitative estimate of drug-likeness (QED) is 0.925.